The third-order valence-corrected chi connectivity index (χ3v) is 4.61. The first-order valence-corrected chi connectivity index (χ1v) is 8.37. The molecule has 0 aromatic heterocycles. The van der Waals surface area contributed by atoms with Gasteiger partial charge < -0.3 is 15.4 Å². The van der Waals surface area contributed by atoms with Crippen LogP contribution in [-0.2, 0) is 21.3 Å². The monoisotopic (exact) mass is 315 g/mol. The maximum Gasteiger partial charge on any atom is 0.240 e. The summed E-state index contributed by atoms with van der Waals surface area (Å²) in [6.45, 7) is 4.17. The highest BCUT2D eigenvalue weighted by atomic mass is 32.2. The zero-order valence-electron chi connectivity index (χ0n) is 12.9. The van der Waals surface area contributed by atoms with E-state index in [9.17, 15) is 8.42 Å². The molecule has 0 aliphatic rings. The number of sulfonamides is 1. The molecule has 0 bridgehead atoms. The number of nitrogens with zero attached hydrogens (tertiary/aromatic N) is 1. The molecule has 1 rings (SSSR count). The van der Waals surface area contributed by atoms with Crippen LogP contribution in [0.2, 0.25) is 0 Å². The Morgan fingerprint density at radius 1 is 1.29 bits per heavy atom. The lowest BCUT2D eigenvalue weighted by atomic mass is 10.1. The predicted octanol–water partition coefficient (Wildman–Crippen LogP) is 0.310. The SMILES string of the molecule is Cc1cc(CN)ccc1S(=O)(=O)NCCOCCN(C)C. The summed E-state index contributed by atoms with van der Waals surface area (Å²) in [5.41, 5.74) is 7.15. The van der Waals surface area contributed by atoms with Gasteiger partial charge in [-0.2, -0.15) is 0 Å². The summed E-state index contributed by atoms with van der Waals surface area (Å²) < 4.78 is 32.3. The van der Waals surface area contributed by atoms with Crippen molar-refractivity contribution in [3.05, 3.63) is 29.3 Å². The van der Waals surface area contributed by atoms with E-state index in [0.29, 0.717) is 25.3 Å². The van der Waals surface area contributed by atoms with Crippen LogP contribution in [0.15, 0.2) is 23.1 Å². The molecule has 6 nitrogen and oxygen atoms in total. The minimum atomic E-state index is -3.50. The fraction of sp³-hybridized carbons (Fsp3) is 0.571. The lowest BCUT2D eigenvalue weighted by Gasteiger charge is -2.12. The summed E-state index contributed by atoms with van der Waals surface area (Å²) in [4.78, 5) is 2.29. The number of likely N-dealkylation sites (N-methyl/N-ethyl adjacent to an activating group) is 1. The second kappa shape index (κ2) is 8.45. The van der Waals surface area contributed by atoms with Crippen molar-refractivity contribution in [2.45, 2.75) is 18.4 Å². The van der Waals surface area contributed by atoms with Crippen LogP contribution in [0.25, 0.3) is 0 Å². The van der Waals surface area contributed by atoms with Crippen LogP contribution in [0.5, 0.6) is 0 Å². The van der Waals surface area contributed by atoms with Gasteiger partial charge in [-0.1, -0.05) is 12.1 Å². The van der Waals surface area contributed by atoms with Crippen LogP contribution in [-0.4, -0.2) is 53.7 Å². The van der Waals surface area contributed by atoms with E-state index in [1.165, 1.54) is 0 Å². The molecule has 0 heterocycles. The molecule has 0 aliphatic carbocycles. The summed E-state index contributed by atoms with van der Waals surface area (Å²) in [6.07, 6.45) is 0. The molecule has 0 atom stereocenters. The van der Waals surface area contributed by atoms with Gasteiger partial charge in [-0.3, -0.25) is 0 Å². The second-order valence-corrected chi connectivity index (χ2v) is 6.85. The van der Waals surface area contributed by atoms with Crippen LogP contribution in [0.3, 0.4) is 0 Å². The molecule has 0 unspecified atom stereocenters. The summed E-state index contributed by atoms with van der Waals surface area (Å²) in [6, 6.07) is 5.12. The molecule has 0 fully saturated rings. The molecular weight excluding hydrogens is 290 g/mol. The molecule has 120 valence electrons. The van der Waals surface area contributed by atoms with Gasteiger partial charge in [0.1, 0.15) is 0 Å². The number of rotatable bonds is 9. The van der Waals surface area contributed by atoms with E-state index in [4.69, 9.17) is 10.5 Å². The third-order valence-electron chi connectivity index (χ3n) is 2.99. The van der Waals surface area contributed by atoms with E-state index in [1.54, 1.807) is 25.1 Å². The van der Waals surface area contributed by atoms with Gasteiger partial charge in [-0.25, -0.2) is 13.1 Å². The van der Waals surface area contributed by atoms with Crippen molar-refractivity contribution in [2.24, 2.45) is 5.73 Å². The van der Waals surface area contributed by atoms with Crippen molar-refractivity contribution >= 4 is 10.0 Å². The number of nitrogens with two attached hydrogens (primary N) is 1. The zero-order valence-corrected chi connectivity index (χ0v) is 13.7. The maximum absolute atomic E-state index is 12.2. The first-order valence-electron chi connectivity index (χ1n) is 6.88. The Hall–Kier alpha value is -0.990. The lowest BCUT2D eigenvalue weighted by molar-refractivity contribution is 0.122. The lowest BCUT2D eigenvalue weighted by Crippen LogP contribution is -2.29. The number of hydrogen-bond donors (Lipinski definition) is 2. The molecular formula is C14H25N3O3S. The molecule has 0 saturated carbocycles. The highest BCUT2D eigenvalue weighted by Gasteiger charge is 2.16. The molecule has 7 heteroatoms. The Bertz CT molecular complexity index is 544. The Morgan fingerprint density at radius 2 is 2.00 bits per heavy atom. The van der Waals surface area contributed by atoms with Gasteiger partial charge in [0.2, 0.25) is 10.0 Å². The Balaban J connectivity index is 2.50. The van der Waals surface area contributed by atoms with E-state index >= 15 is 0 Å². The summed E-state index contributed by atoms with van der Waals surface area (Å²) in [5, 5.41) is 0. The van der Waals surface area contributed by atoms with Gasteiger partial charge in [-0.05, 0) is 38.2 Å². The molecule has 0 radical (unpaired) electrons. The Morgan fingerprint density at radius 3 is 2.57 bits per heavy atom. The van der Waals surface area contributed by atoms with E-state index < -0.39 is 10.0 Å². The minimum absolute atomic E-state index is 0.258. The molecule has 0 amide bonds. The maximum atomic E-state index is 12.2. The smallest absolute Gasteiger partial charge is 0.240 e. The minimum Gasteiger partial charge on any atom is -0.379 e. The number of hydrogen-bond acceptors (Lipinski definition) is 5. The van der Waals surface area contributed by atoms with Gasteiger partial charge >= 0.3 is 0 Å². The standard InChI is InChI=1S/C14H25N3O3S/c1-12-10-13(11-15)4-5-14(12)21(18,19)16-6-8-20-9-7-17(2)3/h4-5,10,16H,6-9,11,15H2,1-3H3. The van der Waals surface area contributed by atoms with Crippen molar-refractivity contribution in [3.8, 4) is 0 Å². The first kappa shape index (κ1) is 18.1. The second-order valence-electron chi connectivity index (χ2n) is 5.12. The molecule has 0 saturated heterocycles. The van der Waals surface area contributed by atoms with E-state index in [0.717, 1.165) is 12.1 Å². The van der Waals surface area contributed by atoms with Crippen molar-refractivity contribution in [1.82, 2.24) is 9.62 Å². The molecule has 0 aliphatic heterocycles. The topological polar surface area (TPSA) is 84.7 Å². The molecule has 3 N–H and O–H groups in total. The average Bonchev–Trinajstić information content (AvgIpc) is 2.41. The number of ether oxygens (including phenoxy) is 1. The molecule has 1 aromatic carbocycles. The van der Waals surface area contributed by atoms with Crippen molar-refractivity contribution in [2.75, 3.05) is 40.4 Å². The van der Waals surface area contributed by atoms with Gasteiger partial charge in [0.25, 0.3) is 0 Å². The van der Waals surface area contributed by atoms with E-state index in [1.807, 2.05) is 19.0 Å². The van der Waals surface area contributed by atoms with Crippen molar-refractivity contribution in [1.29, 1.82) is 0 Å². The number of aryl methyl sites for hydroxylation is 1. The van der Waals surface area contributed by atoms with Crippen LogP contribution < -0.4 is 10.5 Å². The third kappa shape index (κ3) is 6.11. The van der Waals surface area contributed by atoms with Crippen molar-refractivity contribution < 1.29 is 13.2 Å². The Labute approximate surface area is 127 Å². The van der Waals surface area contributed by atoms with Gasteiger partial charge in [-0.15, -0.1) is 0 Å². The van der Waals surface area contributed by atoms with Crippen LogP contribution in [0.1, 0.15) is 11.1 Å². The Kier molecular flexibility index (Phi) is 7.27. The highest BCUT2D eigenvalue weighted by molar-refractivity contribution is 7.89. The molecule has 21 heavy (non-hydrogen) atoms. The van der Waals surface area contributed by atoms with Gasteiger partial charge in [0.15, 0.2) is 0 Å². The van der Waals surface area contributed by atoms with Gasteiger partial charge in [0.05, 0.1) is 18.1 Å². The average molecular weight is 315 g/mol. The van der Waals surface area contributed by atoms with Crippen LogP contribution in [0, 0.1) is 6.92 Å². The van der Waals surface area contributed by atoms with Crippen LogP contribution >= 0.6 is 0 Å². The highest BCUT2D eigenvalue weighted by Crippen LogP contribution is 2.16. The zero-order chi connectivity index (χ0) is 15.9. The largest absolute Gasteiger partial charge is 0.379 e. The van der Waals surface area contributed by atoms with Crippen LogP contribution in [0.4, 0.5) is 0 Å². The summed E-state index contributed by atoms with van der Waals surface area (Å²) in [5.74, 6) is 0. The van der Waals surface area contributed by atoms with E-state index in [2.05, 4.69) is 4.72 Å². The fourth-order valence-corrected chi connectivity index (χ4v) is 3.05. The van der Waals surface area contributed by atoms with E-state index in [-0.39, 0.29) is 11.4 Å². The van der Waals surface area contributed by atoms with Crippen molar-refractivity contribution in [3.63, 3.8) is 0 Å². The predicted molar refractivity (Wildman–Crippen MR) is 83.6 cm³/mol. The molecule has 1 aromatic rings. The first-order chi connectivity index (χ1) is 9.86. The quantitative estimate of drug-likeness (QED) is 0.641. The number of nitrogens with one attached hydrogen (secondary N) is 1. The number of benzene rings is 1. The fourth-order valence-electron chi connectivity index (χ4n) is 1.82. The summed E-state index contributed by atoms with van der Waals surface area (Å²) in [7, 11) is 0.416. The van der Waals surface area contributed by atoms with Gasteiger partial charge in [0, 0.05) is 19.6 Å². The molecule has 0 spiro atoms. The normalized spacial score (nSPS) is 12.0. The summed E-state index contributed by atoms with van der Waals surface area (Å²) >= 11 is 0.